The topological polar surface area (TPSA) is 54.3 Å². The summed E-state index contributed by atoms with van der Waals surface area (Å²) < 4.78 is 0. The number of H-pyrrole nitrogens is 1. The lowest BCUT2D eigenvalue weighted by Gasteiger charge is -1.77. The van der Waals surface area contributed by atoms with Gasteiger partial charge in [-0.15, -0.1) is 0 Å². The van der Waals surface area contributed by atoms with Gasteiger partial charge in [-0.3, -0.25) is 0 Å². The first-order valence-electron chi connectivity index (χ1n) is 3.24. The number of aromatic nitrogens is 1. The molecule has 0 saturated heterocycles. The highest BCUT2D eigenvalue weighted by Crippen LogP contribution is 1.80. The van der Waals surface area contributed by atoms with E-state index in [4.69, 9.17) is 9.90 Å². The van der Waals surface area contributed by atoms with Crippen molar-refractivity contribution in [1.29, 1.82) is 0 Å². The zero-order valence-corrected chi connectivity index (χ0v) is 6.63. The fourth-order valence-electron chi connectivity index (χ4n) is 0.483. The maximum absolute atomic E-state index is 8.89. The minimum absolute atomic E-state index is 0.972. The molecule has 0 spiro atoms. The van der Waals surface area contributed by atoms with E-state index in [1.807, 2.05) is 31.3 Å². The number of pyridine rings is 1. The molecule has 1 rings (SSSR count). The van der Waals surface area contributed by atoms with E-state index in [0.29, 0.717) is 0 Å². The summed E-state index contributed by atoms with van der Waals surface area (Å²) in [4.78, 5) is 11.9. The van der Waals surface area contributed by atoms with Crippen LogP contribution in [0.2, 0.25) is 0 Å². The molecule has 0 fully saturated rings. The van der Waals surface area contributed by atoms with Gasteiger partial charge in [0.1, 0.15) is 0 Å². The van der Waals surface area contributed by atoms with E-state index in [1.54, 1.807) is 0 Å². The number of carboxylic acid groups (broad SMARTS) is 1. The van der Waals surface area contributed by atoms with Crippen LogP contribution < -0.4 is 10.1 Å². The van der Waals surface area contributed by atoms with Crippen molar-refractivity contribution >= 4 is 5.97 Å². The van der Waals surface area contributed by atoms with Crippen LogP contribution in [0.3, 0.4) is 0 Å². The average molecular weight is 153 g/mol. The molecule has 0 saturated carbocycles. The van der Waals surface area contributed by atoms with Crippen molar-refractivity contribution in [1.82, 2.24) is 0 Å². The zero-order valence-electron chi connectivity index (χ0n) is 6.63. The summed E-state index contributed by atoms with van der Waals surface area (Å²) in [6.07, 6.45) is 1.91. The second-order valence-corrected chi connectivity index (χ2v) is 2.04. The second kappa shape index (κ2) is 5.41. The Morgan fingerprint density at radius 1 is 1.55 bits per heavy atom. The summed E-state index contributed by atoms with van der Waals surface area (Å²) in [7, 11) is 0. The Labute approximate surface area is 65.7 Å². The number of aliphatic carboxylic acids is 1. The molecule has 3 nitrogen and oxygen atoms in total. The molecule has 0 radical (unpaired) electrons. The van der Waals surface area contributed by atoms with Gasteiger partial charge in [-0.05, 0) is 6.92 Å². The lowest BCUT2D eigenvalue weighted by atomic mass is 10.4. The largest absolute Gasteiger partial charge is 0.550 e. The van der Waals surface area contributed by atoms with Gasteiger partial charge < -0.3 is 9.90 Å². The molecule has 1 heterocycles. The standard InChI is InChI=1S/C6H7N.C2H4O2/c1-6-4-2-3-5-7-6;1-2(3)4/h2-5H,1H3;1H3,(H,3,4). The van der Waals surface area contributed by atoms with Crippen LogP contribution in [-0.4, -0.2) is 5.97 Å². The van der Waals surface area contributed by atoms with Crippen molar-refractivity contribution in [3.05, 3.63) is 30.1 Å². The summed E-state index contributed by atoms with van der Waals surface area (Å²) >= 11 is 0. The van der Waals surface area contributed by atoms with Crippen LogP contribution in [0.5, 0.6) is 0 Å². The van der Waals surface area contributed by atoms with Crippen molar-refractivity contribution in [2.45, 2.75) is 13.8 Å². The molecule has 1 aromatic rings. The van der Waals surface area contributed by atoms with Gasteiger partial charge in [0.15, 0.2) is 11.9 Å². The molecule has 0 aromatic carbocycles. The fourth-order valence-corrected chi connectivity index (χ4v) is 0.483. The molecule has 0 atom stereocenters. The number of carboxylic acids is 1. The molecule has 0 aliphatic heterocycles. The second-order valence-electron chi connectivity index (χ2n) is 2.04. The minimum Gasteiger partial charge on any atom is -0.550 e. The van der Waals surface area contributed by atoms with Gasteiger partial charge in [0.05, 0.1) is 0 Å². The molecule has 60 valence electrons. The Balaban J connectivity index is 0.000000218. The van der Waals surface area contributed by atoms with E-state index in [2.05, 4.69) is 4.98 Å². The number of hydrogen-bond donors (Lipinski definition) is 0. The third-order valence-electron chi connectivity index (χ3n) is 0.865. The lowest BCUT2D eigenvalue weighted by Crippen LogP contribution is -2.16. The summed E-state index contributed by atoms with van der Waals surface area (Å²) in [6.45, 7) is 3.00. The van der Waals surface area contributed by atoms with Crippen LogP contribution in [0, 0.1) is 6.92 Å². The SMILES string of the molecule is CC(=O)[O-].Cc1cccc[nH+]1. The van der Waals surface area contributed by atoms with Crippen molar-refractivity contribution in [3.8, 4) is 0 Å². The van der Waals surface area contributed by atoms with Crippen LogP contribution in [0.1, 0.15) is 12.6 Å². The van der Waals surface area contributed by atoms with Gasteiger partial charge in [0, 0.05) is 25.0 Å². The van der Waals surface area contributed by atoms with E-state index in [1.165, 1.54) is 5.69 Å². The quantitative estimate of drug-likeness (QED) is 0.507. The monoisotopic (exact) mass is 153 g/mol. The molecular weight excluding hydrogens is 142 g/mol. The number of carbonyl (C=O) groups is 1. The highest BCUT2D eigenvalue weighted by Gasteiger charge is 1.81. The molecule has 0 amide bonds. The fraction of sp³-hybridized carbons (Fsp3) is 0.250. The van der Waals surface area contributed by atoms with Crippen LogP contribution in [0.25, 0.3) is 0 Å². The number of aryl methyl sites for hydroxylation is 1. The van der Waals surface area contributed by atoms with E-state index in [0.717, 1.165) is 6.92 Å². The molecule has 1 aromatic heterocycles. The molecule has 0 aliphatic rings. The maximum Gasteiger partial charge on any atom is 0.176 e. The Hall–Kier alpha value is -1.38. The van der Waals surface area contributed by atoms with Crippen molar-refractivity contribution in [3.63, 3.8) is 0 Å². The number of rotatable bonds is 0. The van der Waals surface area contributed by atoms with E-state index in [-0.39, 0.29) is 0 Å². The first kappa shape index (κ1) is 9.62. The molecule has 3 heteroatoms. The van der Waals surface area contributed by atoms with Gasteiger partial charge in [-0.2, -0.15) is 0 Å². The Morgan fingerprint density at radius 3 is 2.27 bits per heavy atom. The first-order valence-corrected chi connectivity index (χ1v) is 3.24. The minimum atomic E-state index is -1.08. The van der Waals surface area contributed by atoms with Crippen molar-refractivity contribution in [2.75, 3.05) is 0 Å². The smallest absolute Gasteiger partial charge is 0.176 e. The highest BCUT2D eigenvalue weighted by molar-refractivity contribution is 5.60. The van der Waals surface area contributed by atoms with Gasteiger partial charge >= 0.3 is 0 Å². The molecular formula is C8H11NO2. The number of carbonyl (C=O) groups excluding carboxylic acids is 1. The van der Waals surface area contributed by atoms with Gasteiger partial charge in [0.2, 0.25) is 0 Å². The van der Waals surface area contributed by atoms with Crippen molar-refractivity contribution in [2.24, 2.45) is 0 Å². The molecule has 0 unspecified atom stereocenters. The van der Waals surface area contributed by atoms with Gasteiger partial charge in [0.25, 0.3) is 0 Å². The Kier molecular flexibility index (Phi) is 4.73. The Bertz CT molecular complexity index is 205. The van der Waals surface area contributed by atoms with E-state index in [9.17, 15) is 0 Å². The molecule has 0 aliphatic carbocycles. The molecule has 1 N–H and O–H groups in total. The third-order valence-corrected chi connectivity index (χ3v) is 0.865. The normalized spacial score (nSPS) is 7.82. The summed E-state index contributed by atoms with van der Waals surface area (Å²) in [5.41, 5.74) is 1.20. The van der Waals surface area contributed by atoms with Crippen LogP contribution >= 0.6 is 0 Å². The third kappa shape index (κ3) is 8.62. The lowest BCUT2D eigenvalue weighted by molar-refractivity contribution is -0.387. The van der Waals surface area contributed by atoms with Crippen LogP contribution in [0.15, 0.2) is 24.4 Å². The summed E-state index contributed by atoms with van der Waals surface area (Å²) in [5, 5.41) is 8.89. The number of hydrogen-bond acceptors (Lipinski definition) is 2. The van der Waals surface area contributed by atoms with Crippen LogP contribution in [0.4, 0.5) is 0 Å². The van der Waals surface area contributed by atoms with Gasteiger partial charge in [-0.1, -0.05) is 6.07 Å². The zero-order chi connectivity index (χ0) is 8.69. The molecule has 0 bridgehead atoms. The predicted octanol–water partition coefficient (Wildman–Crippen LogP) is -0.435. The predicted molar refractivity (Wildman–Crippen MR) is 38.4 cm³/mol. The number of aromatic amines is 1. The average Bonchev–Trinajstić information content (AvgIpc) is 1.87. The summed E-state index contributed by atoms with van der Waals surface area (Å²) in [5.74, 6) is -1.08. The van der Waals surface area contributed by atoms with E-state index < -0.39 is 5.97 Å². The first-order chi connectivity index (χ1) is 5.13. The summed E-state index contributed by atoms with van der Waals surface area (Å²) in [6, 6.07) is 6.00. The van der Waals surface area contributed by atoms with Gasteiger partial charge in [-0.25, -0.2) is 4.98 Å². The maximum atomic E-state index is 8.89. The number of nitrogens with one attached hydrogen (secondary N) is 1. The molecule has 11 heavy (non-hydrogen) atoms. The highest BCUT2D eigenvalue weighted by atomic mass is 16.4. The Morgan fingerprint density at radius 2 is 2.09 bits per heavy atom. The van der Waals surface area contributed by atoms with Crippen molar-refractivity contribution < 1.29 is 14.9 Å². The van der Waals surface area contributed by atoms with E-state index >= 15 is 0 Å². The van der Waals surface area contributed by atoms with Crippen LogP contribution in [-0.2, 0) is 4.79 Å².